The maximum absolute atomic E-state index is 13.2. The first kappa shape index (κ1) is 20.5. The molecule has 0 aliphatic carbocycles. The van der Waals surface area contributed by atoms with Crippen LogP contribution in [0.1, 0.15) is 26.2 Å². The Morgan fingerprint density at radius 1 is 1.35 bits per heavy atom. The Balaban J connectivity index is 1.56. The van der Waals surface area contributed by atoms with Crippen molar-refractivity contribution in [2.24, 2.45) is 4.99 Å². The Morgan fingerprint density at radius 2 is 2.15 bits per heavy atom. The van der Waals surface area contributed by atoms with Gasteiger partial charge in [0, 0.05) is 39.5 Å². The van der Waals surface area contributed by atoms with Crippen LogP contribution in [0.15, 0.2) is 29.3 Å². The maximum atomic E-state index is 13.2. The molecular weight excluding hydrogens is 337 g/mol. The number of ether oxygens (including phenoxy) is 3. The third-order valence-corrected chi connectivity index (χ3v) is 4.05. The van der Waals surface area contributed by atoms with Gasteiger partial charge in [-0.2, -0.15) is 0 Å². The monoisotopic (exact) mass is 367 g/mol. The van der Waals surface area contributed by atoms with Gasteiger partial charge in [0.2, 0.25) is 0 Å². The van der Waals surface area contributed by atoms with Crippen LogP contribution in [-0.2, 0) is 9.47 Å². The molecule has 0 aromatic heterocycles. The van der Waals surface area contributed by atoms with Gasteiger partial charge in [-0.05, 0) is 38.3 Å². The fourth-order valence-electron chi connectivity index (χ4n) is 2.65. The number of aliphatic imine (C=N–C) groups is 1. The predicted molar refractivity (Wildman–Crippen MR) is 100 cm³/mol. The zero-order valence-electron chi connectivity index (χ0n) is 15.7. The van der Waals surface area contributed by atoms with E-state index in [1.54, 1.807) is 19.2 Å². The van der Waals surface area contributed by atoms with Crippen molar-refractivity contribution in [2.45, 2.75) is 38.4 Å². The lowest BCUT2D eigenvalue weighted by atomic mass is 10.1. The Kier molecular flexibility index (Phi) is 9.20. The lowest BCUT2D eigenvalue weighted by Gasteiger charge is -2.22. The fraction of sp³-hybridized carbons (Fsp3) is 0.632. The average Bonchev–Trinajstić information content (AvgIpc) is 2.65. The first-order valence-electron chi connectivity index (χ1n) is 9.23. The van der Waals surface area contributed by atoms with Gasteiger partial charge in [0.05, 0.1) is 12.6 Å². The molecule has 1 heterocycles. The SMILES string of the molecule is CN=C(NCCCOC1CCOCC1)NCC(C)Oc1cccc(F)c1. The van der Waals surface area contributed by atoms with E-state index in [1.807, 2.05) is 6.92 Å². The third kappa shape index (κ3) is 8.01. The molecule has 7 heteroatoms. The molecule has 1 fully saturated rings. The van der Waals surface area contributed by atoms with Crippen molar-refractivity contribution >= 4 is 5.96 Å². The van der Waals surface area contributed by atoms with E-state index in [-0.39, 0.29) is 11.9 Å². The van der Waals surface area contributed by atoms with E-state index in [9.17, 15) is 4.39 Å². The zero-order chi connectivity index (χ0) is 18.6. The number of nitrogens with zero attached hydrogens (tertiary/aromatic N) is 1. The molecule has 2 N–H and O–H groups in total. The van der Waals surface area contributed by atoms with Gasteiger partial charge >= 0.3 is 0 Å². The molecule has 1 atom stereocenters. The number of rotatable bonds is 9. The molecule has 146 valence electrons. The van der Waals surface area contributed by atoms with Crippen LogP contribution in [0.3, 0.4) is 0 Å². The molecule has 1 aromatic carbocycles. The Hall–Kier alpha value is -1.86. The van der Waals surface area contributed by atoms with Gasteiger partial charge in [0.1, 0.15) is 17.7 Å². The summed E-state index contributed by atoms with van der Waals surface area (Å²) in [7, 11) is 1.73. The number of nitrogens with one attached hydrogen (secondary N) is 2. The van der Waals surface area contributed by atoms with E-state index in [4.69, 9.17) is 14.2 Å². The Labute approximate surface area is 155 Å². The highest BCUT2D eigenvalue weighted by Gasteiger charge is 2.13. The molecule has 1 aliphatic heterocycles. The summed E-state index contributed by atoms with van der Waals surface area (Å²) in [5, 5.41) is 6.46. The van der Waals surface area contributed by atoms with Gasteiger partial charge in [0.25, 0.3) is 0 Å². The summed E-state index contributed by atoms with van der Waals surface area (Å²) in [5.74, 6) is 0.932. The molecule has 0 saturated carbocycles. The topological polar surface area (TPSA) is 64.1 Å². The van der Waals surface area contributed by atoms with Crippen molar-refractivity contribution in [3.8, 4) is 5.75 Å². The van der Waals surface area contributed by atoms with Crippen LogP contribution >= 0.6 is 0 Å². The van der Waals surface area contributed by atoms with E-state index in [0.717, 1.165) is 45.6 Å². The second-order valence-electron chi connectivity index (χ2n) is 6.30. The number of guanidine groups is 1. The van der Waals surface area contributed by atoms with Crippen LogP contribution in [0, 0.1) is 5.82 Å². The van der Waals surface area contributed by atoms with Crippen LogP contribution in [-0.4, -0.2) is 58.1 Å². The van der Waals surface area contributed by atoms with Crippen molar-refractivity contribution in [1.82, 2.24) is 10.6 Å². The standard InChI is InChI=1S/C19H30FN3O3/c1-15(26-18-6-3-5-16(20)13-18)14-23-19(21-2)22-9-4-10-25-17-7-11-24-12-8-17/h3,5-6,13,15,17H,4,7-12,14H2,1-2H3,(H2,21,22,23). The van der Waals surface area contributed by atoms with E-state index in [2.05, 4.69) is 15.6 Å². The second-order valence-corrected chi connectivity index (χ2v) is 6.30. The summed E-state index contributed by atoms with van der Waals surface area (Å²) in [4.78, 5) is 4.19. The summed E-state index contributed by atoms with van der Waals surface area (Å²) < 4.78 is 30.0. The van der Waals surface area contributed by atoms with Crippen LogP contribution in [0.4, 0.5) is 4.39 Å². The summed E-state index contributed by atoms with van der Waals surface area (Å²) >= 11 is 0. The van der Waals surface area contributed by atoms with Crippen molar-refractivity contribution < 1.29 is 18.6 Å². The number of benzene rings is 1. The minimum absolute atomic E-state index is 0.118. The van der Waals surface area contributed by atoms with Gasteiger partial charge in [-0.1, -0.05) is 6.07 Å². The van der Waals surface area contributed by atoms with E-state index in [1.165, 1.54) is 12.1 Å². The molecule has 6 nitrogen and oxygen atoms in total. The highest BCUT2D eigenvalue weighted by Crippen LogP contribution is 2.13. The van der Waals surface area contributed by atoms with Crippen molar-refractivity contribution in [3.63, 3.8) is 0 Å². The number of hydrogen-bond donors (Lipinski definition) is 2. The van der Waals surface area contributed by atoms with E-state index < -0.39 is 0 Å². The van der Waals surface area contributed by atoms with Crippen molar-refractivity contribution in [1.29, 1.82) is 0 Å². The molecule has 0 spiro atoms. The van der Waals surface area contributed by atoms with Crippen LogP contribution in [0.2, 0.25) is 0 Å². The largest absolute Gasteiger partial charge is 0.489 e. The quantitative estimate of drug-likeness (QED) is 0.398. The third-order valence-electron chi connectivity index (χ3n) is 4.05. The van der Waals surface area contributed by atoms with Gasteiger partial charge in [0.15, 0.2) is 5.96 Å². The zero-order valence-corrected chi connectivity index (χ0v) is 15.7. The summed E-state index contributed by atoms with van der Waals surface area (Å²) in [6.45, 7) is 5.60. The molecule has 1 saturated heterocycles. The second kappa shape index (κ2) is 11.7. The van der Waals surface area contributed by atoms with E-state index >= 15 is 0 Å². The van der Waals surface area contributed by atoms with Gasteiger partial charge in [-0.15, -0.1) is 0 Å². The molecule has 0 amide bonds. The molecular formula is C19H30FN3O3. The minimum atomic E-state index is -0.303. The first-order chi connectivity index (χ1) is 12.7. The van der Waals surface area contributed by atoms with Gasteiger partial charge < -0.3 is 24.8 Å². The van der Waals surface area contributed by atoms with Gasteiger partial charge in [-0.25, -0.2) is 4.39 Å². The summed E-state index contributed by atoms with van der Waals surface area (Å²) in [6.07, 6.45) is 3.10. The molecule has 0 radical (unpaired) electrons. The van der Waals surface area contributed by atoms with Crippen molar-refractivity contribution in [3.05, 3.63) is 30.1 Å². The highest BCUT2D eigenvalue weighted by molar-refractivity contribution is 5.79. The Morgan fingerprint density at radius 3 is 2.88 bits per heavy atom. The molecule has 1 unspecified atom stereocenters. The smallest absolute Gasteiger partial charge is 0.191 e. The predicted octanol–water partition coefficient (Wildman–Crippen LogP) is 2.34. The lowest BCUT2D eigenvalue weighted by molar-refractivity contribution is -0.0320. The van der Waals surface area contributed by atoms with E-state index in [0.29, 0.717) is 24.4 Å². The molecule has 1 aromatic rings. The van der Waals surface area contributed by atoms with Crippen molar-refractivity contribution in [2.75, 3.05) is 40.0 Å². The number of hydrogen-bond acceptors (Lipinski definition) is 4. The number of halogens is 1. The van der Waals surface area contributed by atoms with Crippen LogP contribution in [0.25, 0.3) is 0 Å². The Bertz CT molecular complexity index is 551. The highest BCUT2D eigenvalue weighted by atomic mass is 19.1. The molecule has 2 rings (SSSR count). The lowest BCUT2D eigenvalue weighted by Crippen LogP contribution is -2.42. The maximum Gasteiger partial charge on any atom is 0.191 e. The minimum Gasteiger partial charge on any atom is -0.489 e. The fourth-order valence-corrected chi connectivity index (χ4v) is 2.65. The summed E-state index contributed by atoms with van der Waals surface area (Å²) in [5.41, 5.74) is 0. The normalized spacial score (nSPS) is 17.0. The van der Waals surface area contributed by atoms with Crippen LogP contribution < -0.4 is 15.4 Å². The average molecular weight is 367 g/mol. The van der Waals surface area contributed by atoms with Crippen LogP contribution in [0.5, 0.6) is 5.75 Å². The van der Waals surface area contributed by atoms with Gasteiger partial charge in [-0.3, -0.25) is 4.99 Å². The first-order valence-corrected chi connectivity index (χ1v) is 9.23. The molecule has 1 aliphatic rings. The summed E-state index contributed by atoms with van der Waals surface area (Å²) in [6, 6.07) is 6.15. The molecule has 0 bridgehead atoms. The molecule has 26 heavy (non-hydrogen) atoms.